The van der Waals surface area contributed by atoms with E-state index in [1.54, 1.807) is 18.2 Å². The van der Waals surface area contributed by atoms with Crippen molar-refractivity contribution in [2.75, 3.05) is 32.5 Å². The molecule has 6 heteroatoms. The first-order valence-electron chi connectivity index (χ1n) is 7.66. The van der Waals surface area contributed by atoms with Gasteiger partial charge in [-0.1, -0.05) is 53.5 Å². The molecule has 0 spiro atoms. The molecule has 2 rings (SSSR count). The fourth-order valence-corrected chi connectivity index (χ4v) is 2.81. The Bertz CT molecular complexity index is 657. The molecule has 0 heterocycles. The highest BCUT2D eigenvalue weighted by molar-refractivity contribution is 6.35. The summed E-state index contributed by atoms with van der Waals surface area (Å²) in [6.45, 7) is 1.52. The molecule has 24 heavy (non-hydrogen) atoms. The minimum atomic E-state index is -0.455. The average Bonchev–Trinajstić information content (AvgIpc) is 2.51. The lowest BCUT2D eigenvalue weighted by Crippen LogP contribution is -2.36. The van der Waals surface area contributed by atoms with Crippen molar-refractivity contribution in [3.63, 3.8) is 0 Å². The zero-order valence-electron chi connectivity index (χ0n) is 13.7. The van der Waals surface area contributed by atoms with Crippen molar-refractivity contribution >= 4 is 34.8 Å². The summed E-state index contributed by atoms with van der Waals surface area (Å²) in [6.07, 6.45) is 0. The third kappa shape index (κ3) is 5.80. The predicted octanol–water partition coefficient (Wildman–Crippen LogP) is 3.82. The Morgan fingerprint density at radius 1 is 1.08 bits per heavy atom. The second-order valence-electron chi connectivity index (χ2n) is 5.75. The van der Waals surface area contributed by atoms with Crippen LogP contribution in [-0.4, -0.2) is 38.0 Å². The molecule has 0 aliphatic carbocycles. The molecule has 0 fully saturated rings. The summed E-state index contributed by atoms with van der Waals surface area (Å²) in [5.74, 6) is -0.154. The highest BCUT2D eigenvalue weighted by atomic mass is 35.5. The summed E-state index contributed by atoms with van der Waals surface area (Å²) in [5.41, 5.74) is 1.48. The number of hydrogen-bond donors (Lipinski definition) is 2. The van der Waals surface area contributed by atoms with Gasteiger partial charge in [0.2, 0.25) is 5.91 Å². The summed E-state index contributed by atoms with van der Waals surface area (Å²) in [5, 5.41) is 7.14. The number of nitrogens with zero attached hydrogens (tertiary/aromatic N) is 1. The molecule has 2 N–H and O–H groups in total. The molecule has 0 bridgehead atoms. The van der Waals surface area contributed by atoms with Gasteiger partial charge in [-0.2, -0.15) is 0 Å². The van der Waals surface area contributed by atoms with E-state index < -0.39 is 6.04 Å². The van der Waals surface area contributed by atoms with Crippen molar-refractivity contribution < 1.29 is 4.79 Å². The second-order valence-corrected chi connectivity index (χ2v) is 6.62. The molecule has 128 valence electrons. The van der Waals surface area contributed by atoms with Crippen LogP contribution in [0.4, 0.5) is 5.69 Å². The summed E-state index contributed by atoms with van der Waals surface area (Å²) >= 11 is 12.0. The van der Waals surface area contributed by atoms with E-state index in [0.29, 0.717) is 22.3 Å². The standard InChI is InChI=1S/C18H21Cl2N3O/c1-23(2)9-8-21-17(13-6-4-3-5-7-13)18(24)22-16-11-14(19)10-15(20)12-16/h3-7,10-12,17,21H,8-9H2,1-2H3,(H,22,24)/t17-/m0/s1. The molecule has 0 aliphatic rings. The highest BCUT2D eigenvalue weighted by Crippen LogP contribution is 2.23. The Kier molecular flexibility index (Phi) is 7.06. The number of nitrogens with one attached hydrogen (secondary N) is 2. The van der Waals surface area contributed by atoms with Gasteiger partial charge in [0.25, 0.3) is 0 Å². The van der Waals surface area contributed by atoms with Gasteiger partial charge in [-0.3, -0.25) is 4.79 Å². The highest BCUT2D eigenvalue weighted by Gasteiger charge is 2.20. The lowest BCUT2D eigenvalue weighted by atomic mass is 10.1. The van der Waals surface area contributed by atoms with Gasteiger partial charge in [0.1, 0.15) is 6.04 Å². The van der Waals surface area contributed by atoms with Crippen LogP contribution >= 0.6 is 23.2 Å². The van der Waals surface area contributed by atoms with E-state index in [1.165, 1.54) is 0 Å². The lowest BCUT2D eigenvalue weighted by molar-refractivity contribution is -0.118. The van der Waals surface area contributed by atoms with E-state index in [9.17, 15) is 4.79 Å². The maximum atomic E-state index is 12.7. The molecular weight excluding hydrogens is 345 g/mol. The van der Waals surface area contributed by atoms with Gasteiger partial charge in [0, 0.05) is 28.8 Å². The summed E-state index contributed by atoms with van der Waals surface area (Å²) in [6, 6.07) is 14.1. The van der Waals surface area contributed by atoms with Gasteiger partial charge < -0.3 is 15.5 Å². The maximum absolute atomic E-state index is 12.7. The SMILES string of the molecule is CN(C)CCN[C@H](C(=O)Nc1cc(Cl)cc(Cl)c1)c1ccccc1. The number of hydrogen-bond acceptors (Lipinski definition) is 3. The van der Waals surface area contributed by atoms with Gasteiger partial charge in [-0.05, 0) is 37.9 Å². The topological polar surface area (TPSA) is 44.4 Å². The van der Waals surface area contributed by atoms with Crippen LogP contribution in [0.3, 0.4) is 0 Å². The van der Waals surface area contributed by atoms with Crippen LogP contribution in [0.5, 0.6) is 0 Å². The maximum Gasteiger partial charge on any atom is 0.246 e. The van der Waals surface area contributed by atoms with Gasteiger partial charge in [-0.25, -0.2) is 0 Å². The molecule has 0 saturated heterocycles. The van der Waals surface area contributed by atoms with Gasteiger partial charge in [0.05, 0.1) is 0 Å². The quantitative estimate of drug-likeness (QED) is 0.783. The third-order valence-electron chi connectivity index (χ3n) is 3.43. The van der Waals surface area contributed by atoms with Crippen molar-refractivity contribution in [1.82, 2.24) is 10.2 Å². The number of halogens is 2. The third-order valence-corrected chi connectivity index (χ3v) is 3.87. The smallest absolute Gasteiger partial charge is 0.246 e. The predicted molar refractivity (Wildman–Crippen MR) is 101 cm³/mol. The van der Waals surface area contributed by atoms with E-state index in [-0.39, 0.29) is 5.91 Å². The Balaban J connectivity index is 2.14. The van der Waals surface area contributed by atoms with Crippen LogP contribution < -0.4 is 10.6 Å². The number of carbonyl (C=O) groups excluding carboxylic acids is 1. The molecule has 0 unspecified atom stereocenters. The van der Waals surface area contributed by atoms with E-state index in [2.05, 4.69) is 15.5 Å². The number of amides is 1. The number of anilines is 1. The normalized spacial score (nSPS) is 12.2. The molecule has 0 radical (unpaired) electrons. The van der Waals surface area contributed by atoms with Crippen molar-refractivity contribution in [2.45, 2.75) is 6.04 Å². The van der Waals surface area contributed by atoms with Crippen molar-refractivity contribution in [3.05, 3.63) is 64.1 Å². The summed E-state index contributed by atoms with van der Waals surface area (Å²) in [7, 11) is 3.99. The molecule has 1 atom stereocenters. The minimum absolute atomic E-state index is 0.154. The van der Waals surface area contributed by atoms with Crippen LogP contribution in [-0.2, 0) is 4.79 Å². The summed E-state index contributed by atoms with van der Waals surface area (Å²) < 4.78 is 0. The number of benzene rings is 2. The van der Waals surface area contributed by atoms with E-state index in [1.807, 2.05) is 44.4 Å². The van der Waals surface area contributed by atoms with Gasteiger partial charge in [0.15, 0.2) is 0 Å². The first-order valence-corrected chi connectivity index (χ1v) is 8.41. The number of carbonyl (C=O) groups is 1. The molecule has 4 nitrogen and oxygen atoms in total. The molecular formula is C18H21Cl2N3O. The number of rotatable bonds is 7. The monoisotopic (exact) mass is 365 g/mol. The van der Waals surface area contributed by atoms with Crippen molar-refractivity contribution in [2.24, 2.45) is 0 Å². The molecule has 0 aromatic heterocycles. The minimum Gasteiger partial charge on any atom is -0.324 e. The molecule has 2 aromatic carbocycles. The number of likely N-dealkylation sites (N-methyl/N-ethyl adjacent to an activating group) is 1. The van der Waals surface area contributed by atoms with Crippen molar-refractivity contribution in [1.29, 1.82) is 0 Å². The van der Waals surface area contributed by atoms with Gasteiger partial charge >= 0.3 is 0 Å². The average molecular weight is 366 g/mol. The largest absolute Gasteiger partial charge is 0.324 e. The van der Waals surface area contributed by atoms with Crippen molar-refractivity contribution in [3.8, 4) is 0 Å². The molecule has 0 aliphatic heterocycles. The Labute approximate surface area is 152 Å². The van der Waals surface area contributed by atoms with Gasteiger partial charge in [-0.15, -0.1) is 0 Å². The van der Waals surface area contributed by atoms with Crippen LogP contribution in [0.2, 0.25) is 10.0 Å². The zero-order chi connectivity index (χ0) is 17.5. The van der Waals surface area contributed by atoms with Crippen LogP contribution in [0.25, 0.3) is 0 Å². The summed E-state index contributed by atoms with van der Waals surface area (Å²) in [4.78, 5) is 14.8. The van der Waals surface area contributed by atoms with E-state index >= 15 is 0 Å². The second kappa shape index (κ2) is 9.04. The van der Waals surface area contributed by atoms with E-state index in [0.717, 1.165) is 12.1 Å². The first kappa shape index (κ1) is 18.7. The molecule has 1 amide bonds. The Morgan fingerprint density at radius 2 is 1.71 bits per heavy atom. The van der Waals surface area contributed by atoms with Crippen LogP contribution in [0.1, 0.15) is 11.6 Å². The van der Waals surface area contributed by atoms with Crippen LogP contribution in [0, 0.1) is 0 Å². The fourth-order valence-electron chi connectivity index (χ4n) is 2.28. The van der Waals surface area contributed by atoms with Crippen LogP contribution in [0.15, 0.2) is 48.5 Å². The fraction of sp³-hybridized carbons (Fsp3) is 0.278. The molecule has 0 saturated carbocycles. The first-order chi connectivity index (χ1) is 11.5. The van der Waals surface area contributed by atoms with E-state index in [4.69, 9.17) is 23.2 Å². The lowest BCUT2D eigenvalue weighted by Gasteiger charge is -2.20. The Hall–Kier alpha value is -1.59. The Morgan fingerprint density at radius 3 is 2.29 bits per heavy atom. The molecule has 2 aromatic rings. The zero-order valence-corrected chi connectivity index (χ0v) is 15.2.